The molecule has 1 aromatic rings. The highest BCUT2D eigenvalue weighted by molar-refractivity contribution is 5.87. The van der Waals surface area contributed by atoms with E-state index in [4.69, 9.17) is 0 Å². The number of carboxylic acid groups (broad SMARTS) is 1. The average molecular weight is 358 g/mol. The Morgan fingerprint density at radius 1 is 1.24 bits per heavy atom. The van der Waals surface area contributed by atoms with Gasteiger partial charge in [-0.1, -0.05) is 0 Å². The molecule has 1 aliphatic heterocycles. The first-order valence-corrected chi connectivity index (χ1v) is 7.91. The first-order valence-electron chi connectivity index (χ1n) is 7.91. The Kier molecular flexibility index (Phi) is 5.02. The van der Waals surface area contributed by atoms with Crippen LogP contribution in [0.3, 0.4) is 0 Å². The number of halogens is 3. The van der Waals surface area contributed by atoms with Crippen LogP contribution in [0.25, 0.3) is 0 Å². The summed E-state index contributed by atoms with van der Waals surface area (Å²) in [6.45, 7) is 6.39. The Morgan fingerprint density at radius 3 is 2.32 bits per heavy atom. The van der Waals surface area contributed by atoms with Gasteiger partial charge in [-0.2, -0.15) is 0 Å². The summed E-state index contributed by atoms with van der Waals surface area (Å²) in [6.07, 6.45) is -1.46. The van der Waals surface area contributed by atoms with Gasteiger partial charge >= 0.3 is 6.09 Å². The molecule has 1 aromatic carbocycles. The fraction of sp³-hybridized carbons (Fsp3) is 0.529. The third-order valence-corrected chi connectivity index (χ3v) is 4.44. The number of hydrogen-bond donors (Lipinski definition) is 2. The molecule has 2 rings (SSSR count). The van der Waals surface area contributed by atoms with Crippen LogP contribution in [-0.4, -0.2) is 39.6 Å². The van der Waals surface area contributed by atoms with Crippen LogP contribution in [-0.2, 0) is 4.79 Å². The molecule has 3 atom stereocenters. The predicted octanol–water partition coefficient (Wildman–Crippen LogP) is 3.24. The molecule has 5 nitrogen and oxygen atoms in total. The molecule has 2 N–H and O–H groups in total. The van der Waals surface area contributed by atoms with Crippen LogP contribution < -0.4 is 5.32 Å². The van der Waals surface area contributed by atoms with Gasteiger partial charge in [0, 0.05) is 23.1 Å². The third kappa shape index (κ3) is 3.57. The highest BCUT2D eigenvalue weighted by Gasteiger charge is 2.44. The number of carbonyl (C=O) groups is 2. The smallest absolute Gasteiger partial charge is 0.408 e. The van der Waals surface area contributed by atoms with Crippen molar-refractivity contribution in [3.63, 3.8) is 0 Å². The molecule has 0 aromatic heterocycles. The number of amides is 2. The lowest BCUT2D eigenvalue weighted by molar-refractivity contribution is -0.131. The van der Waals surface area contributed by atoms with Crippen molar-refractivity contribution in [3.05, 3.63) is 35.1 Å². The molecule has 1 saturated heterocycles. The minimum atomic E-state index is -1.32. The van der Waals surface area contributed by atoms with E-state index in [1.807, 2.05) is 0 Å². The van der Waals surface area contributed by atoms with Gasteiger partial charge in [-0.25, -0.2) is 18.0 Å². The molecular weight excluding hydrogens is 337 g/mol. The Bertz CT molecular complexity index is 703. The summed E-state index contributed by atoms with van der Waals surface area (Å²) in [5.41, 5.74) is -1.38. The fourth-order valence-corrected chi connectivity index (χ4v) is 3.33. The van der Waals surface area contributed by atoms with Crippen LogP contribution in [0.2, 0.25) is 0 Å². The van der Waals surface area contributed by atoms with Crippen molar-refractivity contribution in [1.29, 1.82) is 0 Å². The van der Waals surface area contributed by atoms with Crippen LogP contribution in [0, 0.1) is 17.5 Å². The van der Waals surface area contributed by atoms with Gasteiger partial charge in [0.25, 0.3) is 0 Å². The zero-order valence-electron chi connectivity index (χ0n) is 14.4. The molecule has 1 heterocycles. The second kappa shape index (κ2) is 6.57. The highest BCUT2D eigenvalue weighted by atomic mass is 19.2. The maximum Gasteiger partial charge on any atom is 0.408 e. The summed E-state index contributed by atoms with van der Waals surface area (Å²) in [5.74, 6) is -4.88. The third-order valence-electron chi connectivity index (χ3n) is 4.44. The number of nitrogens with zero attached hydrogens (tertiary/aromatic N) is 1. The molecule has 25 heavy (non-hydrogen) atoms. The lowest BCUT2D eigenvalue weighted by Crippen LogP contribution is -2.61. The summed E-state index contributed by atoms with van der Waals surface area (Å²) in [6, 6.07) is -0.299. The Labute approximate surface area is 143 Å². The van der Waals surface area contributed by atoms with E-state index in [9.17, 15) is 27.9 Å². The molecule has 138 valence electrons. The topological polar surface area (TPSA) is 69.6 Å². The van der Waals surface area contributed by atoms with E-state index in [1.165, 1.54) is 0 Å². The molecule has 0 aliphatic carbocycles. The summed E-state index contributed by atoms with van der Waals surface area (Å²) in [7, 11) is 0. The van der Waals surface area contributed by atoms with Gasteiger partial charge in [0.2, 0.25) is 5.91 Å². The van der Waals surface area contributed by atoms with Crippen molar-refractivity contribution >= 4 is 12.0 Å². The van der Waals surface area contributed by atoms with Gasteiger partial charge in [-0.3, -0.25) is 9.69 Å². The molecular formula is C17H21F3N2O3. The minimum absolute atomic E-state index is 0.145. The van der Waals surface area contributed by atoms with Crippen LogP contribution in [0.5, 0.6) is 0 Å². The van der Waals surface area contributed by atoms with Crippen LogP contribution >= 0.6 is 0 Å². The molecule has 0 spiro atoms. The van der Waals surface area contributed by atoms with Crippen molar-refractivity contribution in [1.82, 2.24) is 10.2 Å². The molecule has 0 radical (unpaired) electrons. The van der Waals surface area contributed by atoms with Crippen LogP contribution in [0.15, 0.2) is 12.1 Å². The zero-order valence-corrected chi connectivity index (χ0v) is 14.4. The quantitative estimate of drug-likeness (QED) is 0.798. The van der Waals surface area contributed by atoms with Gasteiger partial charge in [0.1, 0.15) is 11.9 Å². The van der Waals surface area contributed by atoms with E-state index in [-0.39, 0.29) is 6.42 Å². The summed E-state index contributed by atoms with van der Waals surface area (Å²) in [5, 5.41) is 12.1. The lowest BCUT2D eigenvalue weighted by atomic mass is 9.81. The molecule has 0 saturated carbocycles. The summed E-state index contributed by atoms with van der Waals surface area (Å²) >= 11 is 0. The standard InChI is InChI=1S/C17H21F3N2O3/c1-8-9(13-10(18)5-6-11(19)14(13)20)7-12(15(23)21-8)22(16(24)25)17(2,3)4/h5-6,8-9,12H,7H2,1-4H3,(H,21,23)(H,24,25)/t8-,9-,12?/m1/s1. The second-order valence-electron chi connectivity index (χ2n) is 7.24. The molecule has 0 bridgehead atoms. The molecule has 1 aliphatic rings. The number of benzene rings is 1. The van der Waals surface area contributed by atoms with E-state index in [0.29, 0.717) is 6.07 Å². The van der Waals surface area contributed by atoms with Crippen LogP contribution in [0.1, 0.15) is 45.6 Å². The first kappa shape index (κ1) is 19.1. The molecule has 8 heteroatoms. The predicted molar refractivity (Wildman–Crippen MR) is 84.7 cm³/mol. The largest absolute Gasteiger partial charge is 0.465 e. The van der Waals surface area contributed by atoms with E-state index in [0.717, 1.165) is 11.0 Å². The maximum atomic E-state index is 14.2. The number of rotatable bonds is 2. The van der Waals surface area contributed by atoms with Crippen molar-refractivity contribution in [2.24, 2.45) is 0 Å². The van der Waals surface area contributed by atoms with Gasteiger partial charge in [-0.05, 0) is 46.2 Å². The Hall–Kier alpha value is -2.25. The van der Waals surface area contributed by atoms with Crippen molar-refractivity contribution in [2.75, 3.05) is 0 Å². The molecule has 2 amide bonds. The van der Waals surface area contributed by atoms with E-state index < -0.39 is 58.6 Å². The van der Waals surface area contributed by atoms with E-state index >= 15 is 0 Å². The Morgan fingerprint density at radius 2 is 1.80 bits per heavy atom. The number of hydrogen-bond acceptors (Lipinski definition) is 2. The first-order chi connectivity index (χ1) is 11.4. The Balaban J connectivity index is 2.48. The molecule has 1 fully saturated rings. The van der Waals surface area contributed by atoms with E-state index in [1.54, 1.807) is 27.7 Å². The van der Waals surface area contributed by atoms with E-state index in [2.05, 4.69) is 5.32 Å². The summed E-state index contributed by atoms with van der Waals surface area (Å²) < 4.78 is 41.9. The number of carbonyl (C=O) groups excluding carboxylic acids is 1. The zero-order chi connectivity index (χ0) is 19.1. The maximum absolute atomic E-state index is 14.2. The van der Waals surface area contributed by atoms with Gasteiger partial charge in [-0.15, -0.1) is 0 Å². The van der Waals surface area contributed by atoms with Gasteiger partial charge in [0.05, 0.1) is 0 Å². The second-order valence-corrected chi connectivity index (χ2v) is 7.24. The van der Waals surface area contributed by atoms with Gasteiger partial charge in [0.15, 0.2) is 11.6 Å². The summed E-state index contributed by atoms with van der Waals surface area (Å²) in [4.78, 5) is 24.9. The van der Waals surface area contributed by atoms with Gasteiger partial charge < -0.3 is 10.4 Å². The minimum Gasteiger partial charge on any atom is -0.465 e. The van der Waals surface area contributed by atoms with Crippen molar-refractivity contribution in [3.8, 4) is 0 Å². The highest BCUT2D eigenvalue weighted by Crippen LogP contribution is 2.36. The fourth-order valence-electron chi connectivity index (χ4n) is 3.33. The number of nitrogens with one attached hydrogen (secondary N) is 1. The number of piperidine rings is 1. The lowest BCUT2D eigenvalue weighted by Gasteiger charge is -2.44. The average Bonchev–Trinajstić information content (AvgIpc) is 2.46. The van der Waals surface area contributed by atoms with Crippen molar-refractivity contribution in [2.45, 2.75) is 57.7 Å². The SMILES string of the molecule is C[C@H]1NC(=O)C(N(C(=O)O)C(C)(C)C)C[C@H]1c1c(F)ccc(F)c1F. The van der Waals surface area contributed by atoms with Crippen LogP contribution in [0.4, 0.5) is 18.0 Å². The monoisotopic (exact) mass is 358 g/mol. The molecule has 1 unspecified atom stereocenters. The van der Waals surface area contributed by atoms with Crippen molar-refractivity contribution < 1.29 is 27.9 Å². The normalized spacial score (nSPS) is 24.0.